The van der Waals surface area contributed by atoms with Crippen molar-refractivity contribution in [3.63, 3.8) is 0 Å². The first-order valence-corrected chi connectivity index (χ1v) is 5.99. The summed E-state index contributed by atoms with van der Waals surface area (Å²) in [7, 11) is 0. The number of carboxylic acids is 1. The first-order valence-electron chi connectivity index (χ1n) is 5.11. The van der Waals surface area contributed by atoms with Crippen LogP contribution < -0.4 is 5.32 Å². The van der Waals surface area contributed by atoms with Gasteiger partial charge in [-0.2, -0.15) is 0 Å². The van der Waals surface area contributed by atoms with Crippen molar-refractivity contribution in [3.05, 3.63) is 29.3 Å². The van der Waals surface area contributed by atoms with Crippen LogP contribution in [0.1, 0.15) is 11.4 Å². The fraction of sp³-hybridized carbons (Fsp3) is 0.300. The van der Waals surface area contributed by atoms with Gasteiger partial charge in [-0.25, -0.2) is 9.97 Å². The number of carbonyl (C=O) groups is 1. The molecule has 0 aliphatic rings. The monoisotopic (exact) mass is 252 g/mol. The Bertz CT molecular complexity index is 480. The van der Waals surface area contributed by atoms with E-state index in [9.17, 15) is 4.79 Å². The van der Waals surface area contributed by atoms with E-state index in [1.54, 1.807) is 17.9 Å². The van der Waals surface area contributed by atoms with Gasteiger partial charge in [-0.15, -0.1) is 11.3 Å². The number of H-pyrrole nitrogens is 1. The van der Waals surface area contributed by atoms with Crippen molar-refractivity contribution in [2.75, 3.05) is 11.9 Å². The summed E-state index contributed by atoms with van der Waals surface area (Å²) < 4.78 is 0. The topological polar surface area (TPSA) is 90.9 Å². The van der Waals surface area contributed by atoms with Gasteiger partial charge < -0.3 is 15.4 Å². The Labute approximate surface area is 102 Å². The molecule has 0 saturated heterocycles. The molecule has 0 bridgehead atoms. The second-order valence-corrected chi connectivity index (χ2v) is 4.33. The quantitative estimate of drug-likeness (QED) is 0.717. The van der Waals surface area contributed by atoms with E-state index in [2.05, 4.69) is 20.3 Å². The van der Waals surface area contributed by atoms with Crippen LogP contribution in [-0.2, 0) is 17.6 Å². The van der Waals surface area contributed by atoms with Gasteiger partial charge in [0.2, 0.25) is 0 Å². The SMILES string of the molecule is O=C(O)Cc1csc(NCCc2cnc[nH]2)n1. The molecule has 2 aromatic rings. The third-order valence-electron chi connectivity index (χ3n) is 2.11. The molecular weight excluding hydrogens is 240 g/mol. The summed E-state index contributed by atoms with van der Waals surface area (Å²) in [6.45, 7) is 0.738. The molecule has 7 heteroatoms. The molecule has 0 fully saturated rings. The minimum atomic E-state index is -0.862. The lowest BCUT2D eigenvalue weighted by molar-refractivity contribution is -0.136. The maximum absolute atomic E-state index is 10.5. The van der Waals surface area contributed by atoms with E-state index in [1.807, 2.05) is 0 Å². The Balaban J connectivity index is 1.79. The Morgan fingerprint density at radius 3 is 3.18 bits per heavy atom. The van der Waals surface area contributed by atoms with Crippen molar-refractivity contribution in [1.29, 1.82) is 0 Å². The van der Waals surface area contributed by atoms with Crippen molar-refractivity contribution < 1.29 is 9.90 Å². The van der Waals surface area contributed by atoms with Gasteiger partial charge in [-0.3, -0.25) is 4.79 Å². The van der Waals surface area contributed by atoms with E-state index in [-0.39, 0.29) is 6.42 Å². The van der Waals surface area contributed by atoms with Crippen LogP contribution in [0.2, 0.25) is 0 Å². The van der Waals surface area contributed by atoms with Crippen molar-refractivity contribution >= 4 is 22.4 Å². The first-order chi connectivity index (χ1) is 8.24. The number of anilines is 1. The van der Waals surface area contributed by atoms with Crippen LogP contribution in [0.15, 0.2) is 17.9 Å². The fourth-order valence-corrected chi connectivity index (χ4v) is 2.09. The molecule has 0 aliphatic carbocycles. The predicted octanol–water partition coefficient (Wildman–Crippen LogP) is 1.15. The smallest absolute Gasteiger partial charge is 0.309 e. The van der Waals surface area contributed by atoms with Crippen molar-refractivity contribution in [2.24, 2.45) is 0 Å². The molecule has 6 nitrogen and oxygen atoms in total. The number of carboxylic acid groups (broad SMARTS) is 1. The molecule has 0 unspecified atom stereocenters. The highest BCUT2D eigenvalue weighted by Crippen LogP contribution is 2.15. The lowest BCUT2D eigenvalue weighted by Gasteiger charge is -1.99. The highest BCUT2D eigenvalue weighted by molar-refractivity contribution is 7.13. The molecule has 0 aromatic carbocycles. The maximum Gasteiger partial charge on any atom is 0.309 e. The minimum absolute atomic E-state index is 0.0290. The second-order valence-electron chi connectivity index (χ2n) is 3.47. The summed E-state index contributed by atoms with van der Waals surface area (Å²) in [5, 5.41) is 14.3. The number of aromatic nitrogens is 3. The molecule has 0 spiro atoms. The Hall–Kier alpha value is -1.89. The average molecular weight is 252 g/mol. The number of thiazole rings is 1. The Kier molecular flexibility index (Phi) is 3.71. The van der Waals surface area contributed by atoms with E-state index in [0.717, 1.165) is 23.8 Å². The largest absolute Gasteiger partial charge is 0.481 e. The zero-order valence-electron chi connectivity index (χ0n) is 9.01. The second kappa shape index (κ2) is 5.44. The molecule has 0 atom stereocenters. The van der Waals surface area contributed by atoms with Gasteiger partial charge in [0.1, 0.15) is 0 Å². The Morgan fingerprint density at radius 1 is 1.59 bits per heavy atom. The minimum Gasteiger partial charge on any atom is -0.481 e. The number of nitrogens with one attached hydrogen (secondary N) is 2. The van der Waals surface area contributed by atoms with Crippen molar-refractivity contribution in [3.8, 4) is 0 Å². The van der Waals surface area contributed by atoms with Gasteiger partial charge in [0, 0.05) is 30.2 Å². The molecule has 90 valence electrons. The number of hydrogen-bond donors (Lipinski definition) is 3. The van der Waals surface area contributed by atoms with Crippen LogP contribution in [0, 0.1) is 0 Å². The number of aromatic amines is 1. The van der Waals surface area contributed by atoms with Gasteiger partial charge in [0.15, 0.2) is 5.13 Å². The van der Waals surface area contributed by atoms with E-state index < -0.39 is 5.97 Å². The summed E-state index contributed by atoms with van der Waals surface area (Å²) in [5.41, 5.74) is 1.64. The lowest BCUT2D eigenvalue weighted by atomic mass is 10.3. The van der Waals surface area contributed by atoms with Gasteiger partial charge in [-0.1, -0.05) is 0 Å². The molecule has 3 N–H and O–H groups in total. The van der Waals surface area contributed by atoms with Crippen LogP contribution >= 0.6 is 11.3 Å². The van der Waals surface area contributed by atoms with E-state index in [1.165, 1.54) is 11.3 Å². The number of hydrogen-bond acceptors (Lipinski definition) is 5. The average Bonchev–Trinajstić information content (AvgIpc) is 2.89. The standard InChI is InChI=1S/C10H12N4O2S/c15-9(16)3-8-5-17-10(14-8)12-2-1-7-4-11-6-13-7/h4-6H,1-3H2,(H,11,13)(H,12,14)(H,15,16). The number of aliphatic carboxylic acids is 1. The van der Waals surface area contributed by atoms with Gasteiger partial charge in [0.05, 0.1) is 18.4 Å². The lowest BCUT2D eigenvalue weighted by Crippen LogP contribution is -2.05. The van der Waals surface area contributed by atoms with E-state index in [4.69, 9.17) is 5.11 Å². The summed E-state index contributed by atoms with van der Waals surface area (Å²) in [5.74, 6) is -0.862. The third-order valence-corrected chi connectivity index (χ3v) is 2.96. The van der Waals surface area contributed by atoms with E-state index in [0.29, 0.717) is 5.69 Å². The number of rotatable bonds is 6. The van der Waals surface area contributed by atoms with Gasteiger partial charge in [0.25, 0.3) is 0 Å². The molecule has 0 amide bonds. The normalized spacial score (nSPS) is 10.4. The molecular formula is C10H12N4O2S. The van der Waals surface area contributed by atoms with Crippen LogP contribution in [0.5, 0.6) is 0 Å². The van der Waals surface area contributed by atoms with Crippen LogP contribution in [0.4, 0.5) is 5.13 Å². The zero-order valence-corrected chi connectivity index (χ0v) is 9.83. The zero-order chi connectivity index (χ0) is 12.1. The molecule has 2 heterocycles. The van der Waals surface area contributed by atoms with Crippen LogP contribution in [-0.4, -0.2) is 32.6 Å². The molecule has 0 aliphatic heterocycles. The maximum atomic E-state index is 10.5. The summed E-state index contributed by atoms with van der Waals surface area (Å²) in [4.78, 5) is 21.6. The summed E-state index contributed by atoms with van der Waals surface area (Å²) >= 11 is 1.42. The Morgan fingerprint density at radius 2 is 2.47 bits per heavy atom. The van der Waals surface area contributed by atoms with Crippen molar-refractivity contribution in [2.45, 2.75) is 12.8 Å². The fourth-order valence-electron chi connectivity index (χ4n) is 1.35. The molecule has 2 rings (SSSR count). The number of imidazole rings is 1. The summed E-state index contributed by atoms with van der Waals surface area (Å²) in [6, 6.07) is 0. The molecule has 17 heavy (non-hydrogen) atoms. The summed E-state index contributed by atoms with van der Waals surface area (Å²) in [6.07, 6.45) is 4.22. The predicted molar refractivity (Wildman–Crippen MR) is 64.2 cm³/mol. The number of nitrogens with zero attached hydrogens (tertiary/aromatic N) is 2. The highest BCUT2D eigenvalue weighted by atomic mass is 32.1. The third kappa shape index (κ3) is 3.56. The molecule has 0 saturated carbocycles. The van der Waals surface area contributed by atoms with Crippen LogP contribution in [0.3, 0.4) is 0 Å². The molecule has 2 aromatic heterocycles. The van der Waals surface area contributed by atoms with Crippen molar-refractivity contribution in [1.82, 2.24) is 15.0 Å². The molecule has 0 radical (unpaired) electrons. The first kappa shape index (κ1) is 11.6. The van der Waals surface area contributed by atoms with Crippen LogP contribution in [0.25, 0.3) is 0 Å². The highest BCUT2D eigenvalue weighted by Gasteiger charge is 2.05. The van der Waals surface area contributed by atoms with Gasteiger partial charge in [-0.05, 0) is 0 Å². The van der Waals surface area contributed by atoms with Gasteiger partial charge >= 0.3 is 5.97 Å². The van der Waals surface area contributed by atoms with E-state index >= 15 is 0 Å².